The van der Waals surface area contributed by atoms with Crippen LogP contribution in [0.5, 0.6) is 5.75 Å². The molecule has 1 fully saturated rings. The zero-order valence-corrected chi connectivity index (χ0v) is 16.5. The minimum absolute atomic E-state index is 0.00630. The maximum atomic E-state index is 13.1. The van der Waals surface area contributed by atoms with Gasteiger partial charge >= 0.3 is 6.36 Å². The molecule has 0 bridgehead atoms. The highest BCUT2D eigenvalue weighted by atomic mass is 35.5. The molecule has 0 N–H and O–H groups in total. The van der Waals surface area contributed by atoms with E-state index in [1.165, 1.54) is 10.5 Å². The summed E-state index contributed by atoms with van der Waals surface area (Å²) >= 11 is 5.76. The number of halogens is 4. The third kappa shape index (κ3) is 5.46. The Kier molecular flexibility index (Phi) is 6.16. The fraction of sp³-hybridized carbons (Fsp3) is 0.333. The van der Waals surface area contributed by atoms with E-state index in [0.717, 1.165) is 24.3 Å². The number of hydrogen-bond donors (Lipinski definition) is 0. The quantitative estimate of drug-likeness (QED) is 0.653. The predicted molar refractivity (Wildman–Crippen MR) is 98.0 cm³/mol. The number of alkyl halides is 3. The summed E-state index contributed by atoms with van der Waals surface area (Å²) in [5, 5.41) is 0.291. The topological polar surface area (TPSA) is 76.6 Å². The van der Waals surface area contributed by atoms with E-state index in [-0.39, 0.29) is 36.5 Å². The maximum Gasteiger partial charge on any atom is 0.573 e. The van der Waals surface area contributed by atoms with Gasteiger partial charge in [-0.25, -0.2) is 13.4 Å². The molecule has 0 amide bonds. The van der Waals surface area contributed by atoms with Crippen molar-refractivity contribution in [3.8, 4) is 5.75 Å². The number of pyridine rings is 1. The summed E-state index contributed by atoms with van der Waals surface area (Å²) in [4.78, 5) is 15.7. The second-order valence-electron chi connectivity index (χ2n) is 6.47. The van der Waals surface area contributed by atoms with Crippen LogP contribution in [0.2, 0.25) is 5.15 Å². The van der Waals surface area contributed by atoms with Crippen LogP contribution in [0.15, 0.2) is 47.5 Å². The number of nitrogens with zero attached hydrogens (tertiary/aromatic N) is 2. The molecule has 2 aromatic rings. The van der Waals surface area contributed by atoms with E-state index in [2.05, 4.69) is 9.72 Å². The lowest BCUT2D eigenvalue weighted by Crippen LogP contribution is -2.47. The van der Waals surface area contributed by atoms with Gasteiger partial charge in [0.2, 0.25) is 10.0 Å². The van der Waals surface area contributed by atoms with E-state index in [0.29, 0.717) is 10.7 Å². The molecule has 1 unspecified atom stereocenters. The minimum atomic E-state index is -4.87. The number of carbonyl (C=O) groups is 1. The molecule has 1 aromatic carbocycles. The molecule has 0 radical (unpaired) electrons. The van der Waals surface area contributed by atoms with Crippen molar-refractivity contribution in [2.24, 2.45) is 0 Å². The van der Waals surface area contributed by atoms with E-state index in [1.54, 1.807) is 12.1 Å². The molecule has 2 heterocycles. The van der Waals surface area contributed by atoms with Crippen molar-refractivity contribution in [3.05, 3.63) is 53.3 Å². The van der Waals surface area contributed by atoms with Gasteiger partial charge < -0.3 is 4.74 Å². The number of benzene rings is 1. The molecular formula is C18H16ClF3N2O4S. The first kappa shape index (κ1) is 21.5. The highest BCUT2D eigenvalue weighted by Gasteiger charge is 2.37. The number of ether oxygens (including phenoxy) is 1. The van der Waals surface area contributed by atoms with Crippen molar-refractivity contribution >= 4 is 27.4 Å². The molecule has 1 saturated heterocycles. The lowest BCUT2D eigenvalue weighted by atomic mass is 9.98. The highest BCUT2D eigenvalue weighted by molar-refractivity contribution is 7.89. The molecule has 6 nitrogen and oxygen atoms in total. The molecule has 156 valence electrons. The summed E-state index contributed by atoms with van der Waals surface area (Å²) in [5.41, 5.74) is 0.711. The van der Waals surface area contributed by atoms with Crippen LogP contribution in [-0.4, -0.2) is 42.4 Å². The van der Waals surface area contributed by atoms with Crippen molar-refractivity contribution in [1.82, 2.24) is 9.29 Å². The Hall–Kier alpha value is -2.17. The summed E-state index contributed by atoms with van der Waals surface area (Å²) < 4.78 is 68.0. The van der Waals surface area contributed by atoms with Crippen LogP contribution in [0.4, 0.5) is 13.2 Å². The smallest absolute Gasteiger partial charge is 0.406 e. The number of hydrogen-bond acceptors (Lipinski definition) is 5. The normalized spacial score (nSPS) is 18.6. The highest BCUT2D eigenvalue weighted by Crippen LogP contribution is 2.29. The molecule has 0 saturated carbocycles. The van der Waals surface area contributed by atoms with Gasteiger partial charge in [0, 0.05) is 31.6 Å². The number of carbonyl (C=O) groups excluding carboxylic acids is 1. The Labute approximate surface area is 170 Å². The molecule has 1 atom stereocenters. The molecular weight excluding hydrogens is 433 g/mol. The predicted octanol–water partition coefficient (Wildman–Crippen LogP) is 3.60. The van der Waals surface area contributed by atoms with Crippen LogP contribution in [0.3, 0.4) is 0 Å². The average molecular weight is 449 g/mol. The number of Topliss-reactive ketones (excluding diaryl/α,β-unsaturated/α-hetero) is 1. The van der Waals surface area contributed by atoms with Crippen LogP contribution < -0.4 is 4.74 Å². The summed E-state index contributed by atoms with van der Waals surface area (Å²) in [6, 6.07) is 6.61. The van der Waals surface area contributed by atoms with Crippen molar-refractivity contribution in [2.45, 2.75) is 36.6 Å². The summed E-state index contributed by atoms with van der Waals surface area (Å²) in [5.74, 6) is -0.577. The van der Waals surface area contributed by atoms with E-state index in [1.807, 2.05) is 0 Å². The zero-order chi connectivity index (χ0) is 21.2. The summed E-state index contributed by atoms with van der Waals surface area (Å²) in [7, 11) is -4.03. The van der Waals surface area contributed by atoms with Gasteiger partial charge in [0.25, 0.3) is 0 Å². The number of sulfonamides is 1. The second kappa shape index (κ2) is 8.29. The lowest BCUT2D eigenvalue weighted by Gasteiger charge is -2.34. The van der Waals surface area contributed by atoms with Crippen LogP contribution in [0.1, 0.15) is 18.4 Å². The fourth-order valence-corrected chi connectivity index (χ4v) is 4.86. The molecule has 29 heavy (non-hydrogen) atoms. The van der Waals surface area contributed by atoms with E-state index >= 15 is 0 Å². The first-order valence-electron chi connectivity index (χ1n) is 8.54. The van der Waals surface area contributed by atoms with Crippen LogP contribution in [0, 0.1) is 0 Å². The zero-order valence-electron chi connectivity index (χ0n) is 14.9. The monoisotopic (exact) mass is 448 g/mol. The van der Waals surface area contributed by atoms with Crippen LogP contribution in [0.25, 0.3) is 0 Å². The van der Waals surface area contributed by atoms with E-state index in [4.69, 9.17) is 11.6 Å². The Morgan fingerprint density at radius 3 is 2.45 bits per heavy atom. The van der Waals surface area contributed by atoms with Crippen molar-refractivity contribution < 1.29 is 31.1 Å². The number of rotatable bonds is 5. The lowest BCUT2D eigenvalue weighted by molar-refractivity contribution is -0.274. The molecule has 11 heteroatoms. The second-order valence-corrected chi connectivity index (χ2v) is 8.75. The largest absolute Gasteiger partial charge is 0.573 e. The van der Waals surface area contributed by atoms with E-state index < -0.39 is 28.2 Å². The Morgan fingerprint density at radius 2 is 1.86 bits per heavy atom. The molecule has 3 rings (SSSR count). The third-order valence-corrected chi connectivity index (χ3v) is 6.60. The molecule has 0 spiro atoms. The van der Waals surface area contributed by atoms with Gasteiger partial charge in [-0.1, -0.05) is 17.7 Å². The van der Waals surface area contributed by atoms with Crippen molar-refractivity contribution in [3.63, 3.8) is 0 Å². The average Bonchev–Trinajstić information content (AvgIpc) is 2.63. The van der Waals surface area contributed by atoms with Gasteiger partial charge in [-0.2, -0.15) is 4.31 Å². The molecule has 1 aliphatic heterocycles. The standard InChI is InChI=1S/C18H16ClF3N2O4S/c19-17-6-1-12(11-23-17)9-13-10-14(25)7-8-24(13)29(26,27)16-4-2-15(3-5-16)28-18(20,21)22/h1-6,11,13H,7-10H2. The van der Waals surface area contributed by atoms with E-state index in [9.17, 15) is 26.4 Å². The maximum absolute atomic E-state index is 13.1. The minimum Gasteiger partial charge on any atom is -0.406 e. The van der Waals surface area contributed by atoms with Crippen LogP contribution >= 0.6 is 11.6 Å². The van der Waals surface area contributed by atoms with Gasteiger partial charge in [-0.05, 0) is 42.3 Å². The van der Waals surface area contributed by atoms with Gasteiger partial charge in [0.1, 0.15) is 16.7 Å². The number of aromatic nitrogens is 1. The van der Waals surface area contributed by atoms with Gasteiger partial charge in [0.05, 0.1) is 4.90 Å². The SMILES string of the molecule is O=C1CCN(S(=O)(=O)c2ccc(OC(F)(F)F)cc2)C(Cc2ccc(Cl)nc2)C1. The Balaban J connectivity index is 1.84. The Morgan fingerprint density at radius 1 is 1.17 bits per heavy atom. The first-order valence-corrected chi connectivity index (χ1v) is 10.4. The number of piperidine rings is 1. The molecule has 0 aliphatic carbocycles. The van der Waals surface area contributed by atoms with Gasteiger partial charge in [0.15, 0.2) is 0 Å². The summed E-state index contributed by atoms with van der Waals surface area (Å²) in [6.07, 6.45) is -2.99. The van der Waals surface area contributed by atoms with Gasteiger partial charge in [-0.15, -0.1) is 13.2 Å². The fourth-order valence-electron chi connectivity index (χ4n) is 3.12. The van der Waals surface area contributed by atoms with Crippen LogP contribution in [-0.2, 0) is 21.2 Å². The van der Waals surface area contributed by atoms with Gasteiger partial charge in [-0.3, -0.25) is 4.79 Å². The Bertz CT molecular complexity index is 980. The first-order chi connectivity index (χ1) is 13.5. The number of ketones is 1. The summed E-state index contributed by atoms with van der Waals surface area (Å²) in [6.45, 7) is -0.00630. The molecule has 1 aromatic heterocycles. The molecule has 1 aliphatic rings. The van der Waals surface area contributed by atoms with Crippen molar-refractivity contribution in [2.75, 3.05) is 6.54 Å². The third-order valence-electron chi connectivity index (χ3n) is 4.41. The van der Waals surface area contributed by atoms with Crippen molar-refractivity contribution in [1.29, 1.82) is 0 Å².